The molecule has 2 atom stereocenters. The van der Waals surface area contributed by atoms with Gasteiger partial charge in [-0.25, -0.2) is 4.79 Å². The fraction of sp³-hybridized carbons (Fsp3) is 0.429. The van der Waals surface area contributed by atoms with E-state index < -0.39 is 5.54 Å². The standard InChI is InChI=1S/C28H34N4O3/c1-5-30(4)15-10-16-31-26(33)28(3)18-22-21-17-20(35-6-2)13-14-23(21)29-24(22)25(32(28)27(31)34)19-11-8-7-9-12-19/h7-9,11-14,17,25,29H,5-6,10,15-16,18H2,1-4H3/t25-,28+/m1/s1. The largest absolute Gasteiger partial charge is 0.494 e. The monoisotopic (exact) mass is 474 g/mol. The minimum absolute atomic E-state index is 0.108. The molecule has 0 aliphatic carbocycles. The number of nitrogens with one attached hydrogen (secondary N) is 1. The predicted molar refractivity (Wildman–Crippen MR) is 137 cm³/mol. The van der Waals surface area contributed by atoms with Gasteiger partial charge in [0.2, 0.25) is 0 Å². The average Bonchev–Trinajstić information content (AvgIpc) is 3.30. The molecule has 184 valence electrons. The highest BCUT2D eigenvalue weighted by atomic mass is 16.5. The van der Waals surface area contributed by atoms with Crippen LogP contribution in [0.3, 0.4) is 0 Å². The number of carbonyl (C=O) groups is 2. The van der Waals surface area contributed by atoms with Crippen LogP contribution in [0, 0.1) is 0 Å². The smallest absolute Gasteiger partial charge is 0.328 e. The van der Waals surface area contributed by atoms with Crippen molar-refractivity contribution in [3.05, 3.63) is 65.4 Å². The van der Waals surface area contributed by atoms with Gasteiger partial charge in [0, 0.05) is 29.6 Å². The van der Waals surface area contributed by atoms with E-state index in [2.05, 4.69) is 29.9 Å². The van der Waals surface area contributed by atoms with E-state index in [4.69, 9.17) is 4.74 Å². The molecule has 7 nitrogen and oxygen atoms in total. The van der Waals surface area contributed by atoms with Crippen molar-refractivity contribution in [2.75, 3.05) is 33.3 Å². The zero-order valence-electron chi connectivity index (χ0n) is 21.0. The molecule has 7 heteroatoms. The molecule has 3 aromatic rings. The second kappa shape index (κ2) is 9.04. The van der Waals surface area contributed by atoms with Crippen molar-refractivity contribution in [1.29, 1.82) is 0 Å². The Balaban J connectivity index is 1.60. The number of imide groups is 1. The number of urea groups is 1. The number of carbonyl (C=O) groups excluding carboxylic acids is 2. The Kier molecular flexibility index (Phi) is 6.05. The van der Waals surface area contributed by atoms with Crippen LogP contribution >= 0.6 is 0 Å². The second-order valence-corrected chi connectivity index (χ2v) is 9.78. The molecule has 0 saturated carbocycles. The summed E-state index contributed by atoms with van der Waals surface area (Å²) in [5, 5.41) is 1.05. The molecule has 0 spiro atoms. The van der Waals surface area contributed by atoms with Gasteiger partial charge in [-0.2, -0.15) is 0 Å². The lowest BCUT2D eigenvalue weighted by Crippen LogP contribution is -2.53. The van der Waals surface area contributed by atoms with E-state index in [1.807, 2.05) is 61.2 Å². The zero-order valence-corrected chi connectivity index (χ0v) is 21.0. The van der Waals surface area contributed by atoms with Crippen molar-refractivity contribution in [2.45, 2.75) is 45.2 Å². The average molecular weight is 475 g/mol. The van der Waals surface area contributed by atoms with Crippen LogP contribution in [0.5, 0.6) is 5.75 Å². The van der Waals surface area contributed by atoms with E-state index in [0.29, 0.717) is 19.6 Å². The number of aromatic amines is 1. The van der Waals surface area contributed by atoms with E-state index in [9.17, 15) is 9.59 Å². The molecule has 1 saturated heterocycles. The Morgan fingerprint density at radius 3 is 2.63 bits per heavy atom. The van der Waals surface area contributed by atoms with E-state index in [-0.39, 0.29) is 18.0 Å². The summed E-state index contributed by atoms with van der Waals surface area (Å²) in [5.74, 6) is 0.699. The first-order chi connectivity index (χ1) is 16.9. The Bertz CT molecular complexity index is 1250. The van der Waals surface area contributed by atoms with Gasteiger partial charge in [-0.05, 0) is 69.7 Å². The molecule has 3 heterocycles. The first-order valence-corrected chi connectivity index (χ1v) is 12.5. The van der Waals surface area contributed by atoms with Gasteiger partial charge in [0.25, 0.3) is 5.91 Å². The minimum Gasteiger partial charge on any atom is -0.494 e. The molecule has 1 N–H and O–H groups in total. The third kappa shape index (κ3) is 3.78. The molecule has 35 heavy (non-hydrogen) atoms. The van der Waals surface area contributed by atoms with E-state index >= 15 is 0 Å². The molecule has 3 amide bonds. The van der Waals surface area contributed by atoms with Gasteiger partial charge in [0.15, 0.2) is 0 Å². The maximum Gasteiger partial charge on any atom is 0.328 e. The van der Waals surface area contributed by atoms with Crippen LogP contribution in [0.1, 0.15) is 50.1 Å². The van der Waals surface area contributed by atoms with Gasteiger partial charge in [0.05, 0.1) is 6.61 Å². The highest BCUT2D eigenvalue weighted by Crippen LogP contribution is 2.49. The summed E-state index contributed by atoms with van der Waals surface area (Å²) in [6, 6.07) is 15.5. The van der Waals surface area contributed by atoms with Crippen LogP contribution in [-0.4, -0.2) is 70.4 Å². The summed E-state index contributed by atoms with van der Waals surface area (Å²) >= 11 is 0. The first kappa shape index (κ1) is 23.4. The quantitative estimate of drug-likeness (QED) is 0.486. The van der Waals surface area contributed by atoms with Crippen molar-refractivity contribution in [3.8, 4) is 5.75 Å². The molecular formula is C28H34N4O3. The number of ether oxygens (including phenoxy) is 1. The van der Waals surface area contributed by atoms with Gasteiger partial charge in [-0.15, -0.1) is 0 Å². The maximum absolute atomic E-state index is 13.8. The van der Waals surface area contributed by atoms with Crippen LogP contribution in [0.2, 0.25) is 0 Å². The molecule has 1 aromatic heterocycles. The summed E-state index contributed by atoms with van der Waals surface area (Å²) in [6.07, 6.45) is 1.23. The maximum atomic E-state index is 13.8. The summed E-state index contributed by atoms with van der Waals surface area (Å²) < 4.78 is 5.77. The van der Waals surface area contributed by atoms with Gasteiger partial charge in [-0.1, -0.05) is 37.3 Å². The van der Waals surface area contributed by atoms with Crippen molar-refractivity contribution in [2.24, 2.45) is 0 Å². The number of H-pyrrole nitrogens is 1. The van der Waals surface area contributed by atoms with Crippen molar-refractivity contribution in [1.82, 2.24) is 19.7 Å². The number of amides is 3. The summed E-state index contributed by atoms with van der Waals surface area (Å²) in [6.45, 7) is 8.80. The lowest BCUT2D eigenvalue weighted by atomic mass is 9.81. The van der Waals surface area contributed by atoms with E-state index in [1.54, 1.807) is 0 Å². The number of hydrogen-bond acceptors (Lipinski definition) is 4. The number of benzene rings is 2. The van der Waals surface area contributed by atoms with Crippen LogP contribution in [0.4, 0.5) is 4.79 Å². The lowest BCUT2D eigenvalue weighted by Gasteiger charge is -2.42. The Labute approximate surface area is 206 Å². The minimum atomic E-state index is -0.946. The number of hydrogen-bond donors (Lipinski definition) is 1. The van der Waals surface area contributed by atoms with Crippen LogP contribution < -0.4 is 4.74 Å². The molecule has 1 fully saturated rings. The lowest BCUT2D eigenvalue weighted by molar-refractivity contribution is -0.133. The molecule has 0 bridgehead atoms. The van der Waals surface area contributed by atoms with E-state index in [1.165, 1.54) is 4.90 Å². The highest BCUT2D eigenvalue weighted by molar-refractivity contribution is 6.08. The normalized spacial score (nSPS) is 21.7. The van der Waals surface area contributed by atoms with Gasteiger partial charge >= 0.3 is 6.03 Å². The number of rotatable bonds is 8. The van der Waals surface area contributed by atoms with Gasteiger partial charge in [0.1, 0.15) is 17.3 Å². The van der Waals surface area contributed by atoms with Crippen molar-refractivity contribution >= 4 is 22.8 Å². The van der Waals surface area contributed by atoms with Crippen LogP contribution in [-0.2, 0) is 11.2 Å². The molecule has 2 aromatic carbocycles. The molecule has 0 unspecified atom stereocenters. The van der Waals surface area contributed by atoms with Crippen molar-refractivity contribution < 1.29 is 14.3 Å². The van der Waals surface area contributed by atoms with Crippen molar-refractivity contribution in [3.63, 3.8) is 0 Å². The highest BCUT2D eigenvalue weighted by Gasteiger charge is 2.59. The van der Waals surface area contributed by atoms with Gasteiger partial charge in [-0.3, -0.25) is 14.6 Å². The molecule has 2 aliphatic rings. The topological polar surface area (TPSA) is 68.9 Å². The van der Waals surface area contributed by atoms with E-state index in [0.717, 1.165) is 53.0 Å². The molecule has 5 rings (SSSR count). The molecule has 0 radical (unpaired) electrons. The SMILES string of the molecule is CCOc1ccc2[nH]c3c(c2c1)C[C@@]1(C)C(=O)N(CCCN(C)CC)C(=O)N1[C@@H]3c1ccccc1. The fourth-order valence-corrected chi connectivity index (χ4v) is 5.58. The Morgan fingerprint density at radius 1 is 1.14 bits per heavy atom. The first-order valence-electron chi connectivity index (χ1n) is 12.5. The Morgan fingerprint density at radius 2 is 1.91 bits per heavy atom. The van der Waals surface area contributed by atoms with Crippen LogP contribution in [0.15, 0.2) is 48.5 Å². The summed E-state index contributed by atoms with van der Waals surface area (Å²) in [5.41, 5.74) is 3.10. The fourth-order valence-electron chi connectivity index (χ4n) is 5.58. The summed E-state index contributed by atoms with van der Waals surface area (Å²) in [7, 11) is 2.05. The third-order valence-electron chi connectivity index (χ3n) is 7.53. The third-order valence-corrected chi connectivity index (χ3v) is 7.53. The van der Waals surface area contributed by atoms with Crippen LogP contribution in [0.25, 0.3) is 10.9 Å². The molecule has 2 aliphatic heterocycles. The number of nitrogens with zero attached hydrogens (tertiary/aromatic N) is 3. The molecular weight excluding hydrogens is 440 g/mol. The number of aromatic nitrogens is 1. The zero-order chi connectivity index (χ0) is 24.7. The summed E-state index contributed by atoms with van der Waals surface area (Å²) in [4.78, 5) is 36.8. The number of fused-ring (bicyclic) bond motifs is 4. The predicted octanol–water partition coefficient (Wildman–Crippen LogP) is 4.58. The second-order valence-electron chi connectivity index (χ2n) is 9.78. The Hall–Kier alpha value is -3.32. The van der Waals surface area contributed by atoms with Gasteiger partial charge < -0.3 is 14.6 Å².